The van der Waals surface area contributed by atoms with Crippen LogP contribution < -0.4 is 5.73 Å². The molecule has 1 unspecified atom stereocenters. The smallest absolute Gasteiger partial charge is 0.337 e. The van der Waals surface area contributed by atoms with Gasteiger partial charge in [0.15, 0.2) is 0 Å². The highest BCUT2D eigenvalue weighted by Gasteiger charge is 2.45. The number of methoxy groups -OCH3 is 1. The molecule has 106 valence electrons. The molecule has 1 aliphatic heterocycles. The highest BCUT2D eigenvalue weighted by atomic mass is 16.5. The first kappa shape index (κ1) is 14.2. The van der Waals surface area contributed by atoms with Crippen LogP contribution in [0.1, 0.15) is 36.7 Å². The summed E-state index contributed by atoms with van der Waals surface area (Å²) >= 11 is 0. The van der Waals surface area contributed by atoms with E-state index in [9.17, 15) is 4.79 Å². The molecule has 20 heavy (non-hydrogen) atoms. The van der Waals surface area contributed by atoms with E-state index in [0.29, 0.717) is 11.4 Å². The summed E-state index contributed by atoms with van der Waals surface area (Å²) in [5, 5.41) is 8.35. The Hall–Kier alpha value is -2.17. The molecule has 5 nitrogen and oxygen atoms in total. The Balaban J connectivity index is 2.48. The lowest BCUT2D eigenvalue weighted by Gasteiger charge is -2.36. The number of esters is 1. The summed E-state index contributed by atoms with van der Waals surface area (Å²) in [6.45, 7) is 6.24. The standard InChI is InChI=1S/C15H19N3O2/c1-14(2,3)15(9-12(16)17-18-15)11-7-5-10(6-8-11)13(19)20-4/h5-9H,16H2,1-4H3. The van der Waals surface area contributed by atoms with E-state index < -0.39 is 5.54 Å². The van der Waals surface area contributed by atoms with Crippen LogP contribution in [0.4, 0.5) is 0 Å². The zero-order chi connectivity index (χ0) is 15.0. The van der Waals surface area contributed by atoms with Gasteiger partial charge < -0.3 is 10.5 Å². The Kier molecular flexibility index (Phi) is 3.38. The van der Waals surface area contributed by atoms with Gasteiger partial charge in [-0.05, 0) is 29.2 Å². The van der Waals surface area contributed by atoms with E-state index in [1.165, 1.54) is 7.11 Å². The van der Waals surface area contributed by atoms with Crippen molar-refractivity contribution in [3.8, 4) is 0 Å². The minimum absolute atomic E-state index is 0.190. The van der Waals surface area contributed by atoms with Crippen LogP contribution in [0.25, 0.3) is 0 Å². The fourth-order valence-electron chi connectivity index (χ4n) is 2.33. The van der Waals surface area contributed by atoms with Crippen LogP contribution in [0.15, 0.2) is 46.4 Å². The monoisotopic (exact) mass is 273 g/mol. The molecule has 0 radical (unpaired) electrons. The van der Waals surface area contributed by atoms with Crippen LogP contribution in [0.3, 0.4) is 0 Å². The van der Waals surface area contributed by atoms with E-state index in [1.54, 1.807) is 12.1 Å². The quantitative estimate of drug-likeness (QED) is 0.841. The Morgan fingerprint density at radius 3 is 2.25 bits per heavy atom. The third-order valence-corrected chi connectivity index (χ3v) is 3.57. The molecule has 0 aromatic heterocycles. The zero-order valence-corrected chi connectivity index (χ0v) is 12.2. The van der Waals surface area contributed by atoms with E-state index in [2.05, 4.69) is 31.0 Å². The molecule has 2 N–H and O–H groups in total. The van der Waals surface area contributed by atoms with Gasteiger partial charge in [0.2, 0.25) is 0 Å². The number of rotatable bonds is 2. The Bertz CT molecular complexity index is 582. The first-order valence-electron chi connectivity index (χ1n) is 6.40. The zero-order valence-electron chi connectivity index (χ0n) is 12.2. The van der Waals surface area contributed by atoms with Gasteiger partial charge in [-0.25, -0.2) is 4.79 Å². The van der Waals surface area contributed by atoms with E-state index in [-0.39, 0.29) is 11.4 Å². The number of nitrogens with zero attached hydrogens (tertiary/aromatic N) is 2. The lowest BCUT2D eigenvalue weighted by Crippen LogP contribution is -2.35. The molecule has 1 heterocycles. The number of hydrogen-bond donors (Lipinski definition) is 1. The molecular weight excluding hydrogens is 254 g/mol. The van der Waals surface area contributed by atoms with E-state index in [0.717, 1.165) is 5.56 Å². The maximum Gasteiger partial charge on any atom is 0.337 e. The van der Waals surface area contributed by atoms with Crippen molar-refractivity contribution in [1.82, 2.24) is 0 Å². The van der Waals surface area contributed by atoms with Crippen LogP contribution in [0, 0.1) is 5.41 Å². The van der Waals surface area contributed by atoms with Crippen LogP contribution in [0.2, 0.25) is 0 Å². The average molecular weight is 273 g/mol. The minimum Gasteiger partial charge on any atom is -0.465 e. The molecule has 0 saturated heterocycles. The first-order chi connectivity index (χ1) is 9.30. The molecule has 2 rings (SSSR count). The molecule has 0 aliphatic carbocycles. The second kappa shape index (κ2) is 4.74. The Labute approximate surface area is 118 Å². The number of ether oxygens (including phenoxy) is 1. The second-order valence-corrected chi connectivity index (χ2v) is 5.85. The van der Waals surface area contributed by atoms with E-state index in [4.69, 9.17) is 10.5 Å². The van der Waals surface area contributed by atoms with Gasteiger partial charge in [0.05, 0.1) is 12.7 Å². The van der Waals surface area contributed by atoms with Crippen molar-refractivity contribution in [2.75, 3.05) is 7.11 Å². The highest BCUT2D eigenvalue weighted by Crippen LogP contribution is 2.47. The third kappa shape index (κ3) is 2.19. The maximum atomic E-state index is 11.5. The van der Waals surface area contributed by atoms with Crippen molar-refractivity contribution >= 4 is 5.97 Å². The van der Waals surface area contributed by atoms with Gasteiger partial charge in [0.1, 0.15) is 11.4 Å². The molecule has 0 spiro atoms. The molecule has 1 atom stereocenters. The molecule has 0 bridgehead atoms. The third-order valence-electron chi connectivity index (χ3n) is 3.57. The van der Waals surface area contributed by atoms with Crippen molar-refractivity contribution in [3.05, 3.63) is 47.3 Å². The summed E-state index contributed by atoms with van der Waals surface area (Å²) in [5.74, 6) is 0.0569. The van der Waals surface area contributed by atoms with Gasteiger partial charge in [0, 0.05) is 0 Å². The summed E-state index contributed by atoms with van der Waals surface area (Å²) in [6, 6.07) is 7.19. The highest BCUT2D eigenvalue weighted by molar-refractivity contribution is 5.89. The summed E-state index contributed by atoms with van der Waals surface area (Å²) in [6.07, 6.45) is 1.86. The topological polar surface area (TPSA) is 77.0 Å². The molecule has 1 aliphatic rings. The predicted molar refractivity (Wildman–Crippen MR) is 76.0 cm³/mol. The van der Waals surface area contributed by atoms with Gasteiger partial charge in [-0.15, -0.1) is 5.11 Å². The largest absolute Gasteiger partial charge is 0.465 e. The molecule has 1 aromatic rings. The number of hydrogen-bond acceptors (Lipinski definition) is 5. The Morgan fingerprint density at radius 2 is 1.85 bits per heavy atom. The molecule has 0 amide bonds. The fraction of sp³-hybridized carbons (Fsp3) is 0.400. The van der Waals surface area contributed by atoms with Crippen molar-refractivity contribution in [2.45, 2.75) is 26.3 Å². The number of carbonyl (C=O) groups is 1. The molecular formula is C15H19N3O2. The van der Waals surface area contributed by atoms with Crippen molar-refractivity contribution < 1.29 is 9.53 Å². The van der Waals surface area contributed by atoms with Crippen molar-refractivity contribution in [2.24, 2.45) is 21.4 Å². The first-order valence-corrected chi connectivity index (χ1v) is 6.40. The number of benzene rings is 1. The second-order valence-electron chi connectivity index (χ2n) is 5.85. The summed E-state index contributed by atoms with van der Waals surface area (Å²) in [7, 11) is 1.36. The molecule has 1 aromatic carbocycles. The van der Waals surface area contributed by atoms with Crippen LogP contribution >= 0.6 is 0 Å². The van der Waals surface area contributed by atoms with Crippen molar-refractivity contribution in [1.29, 1.82) is 0 Å². The molecule has 0 fully saturated rings. The van der Waals surface area contributed by atoms with Gasteiger partial charge in [-0.2, -0.15) is 5.11 Å². The summed E-state index contributed by atoms with van der Waals surface area (Å²) in [4.78, 5) is 11.5. The minimum atomic E-state index is -0.605. The average Bonchev–Trinajstić information content (AvgIpc) is 2.81. The lowest BCUT2D eigenvalue weighted by molar-refractivity contribution is 0.0600. The van der Waals surface area contributed by atoms with Crippen molar-refractivity contribution in [3.63, 3.8) is 0 Å². The van der Waals surface area contributed by atoms with Gasteiger partial charge >= 0.3 is 5.97 Å². The van der Waals surface area contributed by atoms with Crippen LogP contribution in [-0.4, -0.2) is 13.1 Å². The van der Waals surface area contributed by atoms with Gasteiger partial charge in [0.25, 0.3) is 0 Å². The summed E-state index contributed by atoms with van der Waals surface area (Å²) < 4.78 is 4.70. The summed E-state index contributed by atoms with van der Waals surface area (Å²) in [5.41, 5.74) is 6.43. The number of azo groups is 1. The van der Waals surface area contributed by atoms with Gasteiger partial charge in [-0.3, -0.25) is 0 Å². The Morgan fingerprint density at radius 1 is 1.25 bits per heavy atom. The molecule has 0 saturated carbocycles. The fourth-order valence-corrected chi connectivity index (χ4v) is 2.33. The van der Waals surface area contributed by atoms with E-state index in [1.807, 2.05) is 18.2 Å². The van der Waals surface area contributed by atoms with Crippen LogP contribution in [0.5, 0.6) is 0 Å². The predicted octanol–water partition coefficient (Wildman–Crippen LogP) is 2.98. The van der Waals surface area contributed by atoms with E-state index >= 15 is 0 Å². The lowest BCUT2D eigenvalue weighted by atomic mass is 9.70. The maximum absolute atomic E-state index is 11.5. The SMILES string of the molecule is COC(=O)c1ccc(C2(C(C)(C)C)C=C(N)N=N2)cc1. The normalized spacial score (nSPS) is 21.7. The molecule has 5 heteroatoms. The number of nitrogens with two attached hydrogens (primary N) is 1. The van der Waals surface area contributed by atoms with Gasteiger partial charge in [-0.1, -0.05) is 32.9 Å². The number of carbonyl (C=O) groups excluding carboxylic acids is 1. The van der Waals surface area contributed by atoms with Crippen LogP contribution in [-0.2, 0) is 10.3 Å².